The van der Waals surface area contributed by atoms with Crippen LogP contribution in [0, 0.1) is 6.33 Å². The molecule has 0 bridgehead atoms. The van der Waals surface area contributed by atoms with E-state index in [-0.39, 0.29) is 0 Å². The molecule has 0 heterocycles. The molecule has 0 aliphatic heterocycles. The fraction of sp³-hybridized carbons (Fsp3) is 0.600. The van der Waals surface area contributed by atoms with Gasteiger partial charge in [-0.2, -0.15) is 0 Å². The molecule has 0 fully saturated rings. The zero-order valence-electron chi connectivity index (χ0n) is 3.87. The van der Waals surface area contributed by atoms with Crippen molar-refractivity contribution in [2.24, 2.45) is 0 Å². The summed E-state index contributed by atoms with van der Waals surface area (Å²) in [6.07, 6.45) is 4.63. The molecular formula is C5H8F. The van der Waals surface area contributed by atoms with Gasteiger partial charge in [-0.25, -0.2) is 4.39 Å². The normalized spacial score (nSPS) is 10.3. The maximum absolute atomic E-state index is 10.9. The molecule has 0 nitrogen and oxygen atoms in total. The summed E-state index contributed by atoms with van der Waals surface area (Å²) in [4.78, 5) is 0. The van der Waals surface area contributed by atoms with Crippen LogP contribution in [-0.2, 0) is 0 Å². The molecule has 0 aliphatic carbocycles. The van der Waals surface area contributed by atoms with Crippen LogP contribution in [0.2, 0.25) is 0 Å². The molecule has 35 valence electrons. The van der Waals surface area contributed by atoms with Crippen LogP contribution in [0.25, 0.3) is 0 Å². The van der Waals surface area contributed by atoms with E-state index in [1.54, 1.807) is 0 Å². The molecule has 0 amide bonds. The second-order valence-corrected chi connectivity index (χ2v) is 1.10. The highest BCUT2D eigenvalue weighted by Crippen LogP contribution is 1.85. The Morgan fingerprint density at radius 2 is 2.50 bits per heavy atom. The van der Waals surface area contributed by atoms with Gasteiger partial charge in [-0.3, -0.25) is 0 Å². The Labute approximate surface area is 37.7 Å². The molecule has 6 heavy (non-hydrogen) atoms. The maximum atomic E-state index is 10.9. The lowest BCUT2D eigenvalue weighted by atomic mass is 10.3. The van der Waals surface area contributed by atoms with Gasteiger partial charge in [0.25, 0.3) is 0 Å². The van der Waals surface area contributed by atoms with Gasteiger partial charge in [0.15, 0.2) is 6.33 Å². The first-order valence-electron chi connectivity index (χ1n) is 2.09. The highest BCUT2D eigenvalue weighted by molar-refractivity contribution is 4.63. The number of hydrogen-bond acceptors (Lipinski definition) is 0. The van der Waals surface area contributed by atoms with E-state index >= 15 is 0 Å². The Morgan fingerprint density at radius 3 is 2.67 bits per heavy atom. The van der Waals surface area contributed by atoms with Crippen molar-refractivity contribution in [3.05, 3.63) is 12.4 Å². The molecule has 0 aromatic heterocycles. The second kappa shape index (κ2) is 4.67. The second-order valence-electron chi connectivity index (χ2n) is 1.10. The van der Waals surface area contributed by atoms with Crippen molar-refractivity contribution in [1.29, 1.82) is 0 Å². The van der Waals surface area contributed by atoms with E-state index in [1.807, 2.05) is 6.92 Å². The monoisotopic (exact) mass is 87.1 g/mol. The summed E-state index contributed by atoms with van der Waals surface area (Å²) in [7, 11) is 0. The van der Waals surface area contributed by atoms with Crippen molar-refractivity contribution in [2.45, 2.75) is 19.8 Å². The molecule has 0 saturated heterocycles. The molecule has 0 rings (SSSR count). The largest absolute Gasteiger partial charge is 0.204 e. The van der Waals surface area contributed by atoms with E-state index in [0.29, 0.717) is 0 Å². The third kappa shape index (κ3) is 3.67. The van der Waals surface area contributed by atoms with E-state index in [2.05, 4.69) is 0 Å². The van der Waals surface area contributed by atoms with Crippen LogP contribution in [-0.4, -0.2) is 0 Å². The van der Waals surface area contributed by atoms with Gasteiger partial charge in [0.05, 0.1) is 0 Å². The minimum Gasteiger partial charge on any atom is -0.204 e. The van der Waals surface area contributed by atoms with Gasteiger partial charge in [0, 0.05) is 0 Å². The third-order valence-corrected chi connectivity index (χ3v) is 0.510. The van der Waals surface area contributed by atoms with E-state index in [1.165, 1.54) is 12.4 Å². The minimum absolute atomic E-state index is 0.802. The predicted octanol–water partition coefficient (Wildman–Crippen LogP) is 2.07. The summed E-state index contributed by atoms with van der Waals surface area (Å²) >= 11 is 0. The molecule has 0 aromatic carbocycles. The Balaban J connectivity index is 2.66. The van der Waals surface area contributed by atoms with Gasteiger partial charge < -0.3 is 0 Å². The Kier molecular flexibility index (Phi) is 4.41. The molecule has 0 aromatic rings. The van der Waals surface area contributed by atoms with Crippen LogP contribution in [0.5, 0.6) is 0 Å². The first-order valence-corrected chi connectivity index (χ1v) is 2.09. The topological polar surface area (TPSA) is 0 Å². The highest BCUT2D eigenvalue weighted by Gasteiger charge is 1.67. The van der Waals surface area contributed by atoms with Gasteiger partial charge in [0.2, 0.25) is 0 Å². The number of rotatable bonds is 2. The number of allylic oxidation sites excluding steroid dienone is 1. The maximum Gasteiger partial charge on any atom is 0.154 e. The fourth-order valence-corrected chi connectivity index (χ4v) is 0.199. The SMILES string of the molecule is CCCC=[C]F. The van der Waals surface area contributed by atoms with Crippen molar-refractivity contribution in [1.82, 2.24) is 0 Å². The van der Waals surface area contributed by atoms with Crippen molar-refractivity contribution in [3.8, 4) is 0 Å². The molecule has 0 spiro atoms. The van der Waals surface area contributed by atoms with Crippen molar-refractivity contribution < 1.29 is 4.39 Å². The molecule has 0 atom stereocenters. The van der Waals surface area contributed by atoms with Crippen LogP contribution in [0.15, 0.2) is 6.08 Å². The van der Waals surface area contributed by atoms with Crippen molar-refractivity contribution in [3.63, 3.8) is 0 Å². The summed E-state index contributed by atoms with van der Waals surface area (Å²) in [5.74, 6) is 0. The van der Waals surface area contributed by atoms with E-state index in [9.17, 15) is 4.39 Å². The summed E-state index contributed by atoms with van der Waals surface area (Å²) in [6, 6.07) is 0. The van der Waals surface area contributed by atoms with Gasteiger partial charge in [-0.1, -0.05) is 13.3 Å². The number of halogens is 1. The molecule has 1 radical (unpaired) electrons. The number of unbranched alkanes of at least 4 members (excludes halogenated alkanes) is 1. The standard InChI is InChI=1S/C5H8F/c1-2-3-4-5-6/h4H,2-3H2,1H3. The number of hydrogen-bond donors (Lipinski definition) is 0. The zero-order valence-corrected chi connectivity index (χ0v) is 3.87. The Hall–Kier alpha value is -0.330. The smallest absolute Gasteiger partial charge is 0.154 e. The predicted molar refractivity (Wildman–Crippen MR) is 23.8 cm³/mol. The average Bonchev–Trinajstić information content (AvgIpc) is 1.61. The summed E-state index contributed by atoms with van der Waals surface area (Å²) in [5, 5.41) is 0. The van der Waals surface area contributed by atoms with Gasteiger partial charge in [0.1, 0.15) is 0 Å². The quantitative estimate of drug-likeness (QED) is 0.483. The lowest BCUT2D eigenvalue weighted by Gasteiger charge is -1.73. The minimum atomic E-state index is 0.802. The van der Waals surface area contributed by atoms with E-state index in [0.717, 1.165) is 12.8 Å². The first kappa shape index (κ1) is 5.67. The molecule has 0 unspecified atom stereocenters. The molecule has 0 N–H and O–H groups in total. The van der Waals surface area contributed by atoms with Crippen LogP contribution in [0.1, 0.15) is 19.8 Å². The van der Waals surface area contributed by atoms with Gasteiger partial charge in [-0.15, -0.1) is 0 Å². The van der Waals surface area contributed by atoms with Crippen LogP contribution < -0.4 is 0 Å². The van der Waals surface area contributed by atoms with Crippen LogP contribution >= 0.6 is 0 Å². The first-order chi connectivity index (χ1) is 2.91. The van der Waals surface area contributed by atoms with Crippen LogP contribution in [0.4, 0.5) is 4.39 Å². The average molecular weight is 87.1 g/mol. The van der Waals surface area contributed by atoms with Crippen LogP contribution in [0.3, 0.4) is 0 Å². The lowest BCUT2D eigenvalue weighted by molar-refractivity contribution is 0.674. The summed E-state index contributed by atoms with van der Waals surface area (Å²) in [6.45, 7) is 1.99. The fourth-order valence-electron chi connectivity index (χ4n) is 0.199. The van der Waals surface area contributed by atoms with E-state index < -0.39 is 0 Å². The van der Waals surface area contributed by atoms with Crippen molar-refractivity contribution >= 4 is 0 Å². The zero-order chi connectivity index (χ0) is 4.83. The van der Waals surface area contributed by atoms with E-state index in [4.69, 9.17) is 0 Å². The Bertz CT molecular complexity index is 39.2. The third-order valence-electron chi connectivity index (χ3n) is 0.510. The Morgan fingerprint density at radius 1 is 1.83 bits per heavy atom. The van der Waals surface area contributed by atoms with Gasteiger partial charge in [-0.05, 0) is 12.5 Å². The summed E-state index contributed by atoms with van der Waals surface area (Å²) < 4.78 is 10.9. The van der Waals surface area contributed by atoms with Gasteiger partial charge >= 0.3 is 0 Å². The molecular weight excluding hydrogens is 79.1 g/mol. The molecule has 0 saturated carbocycles. The summed E-state index contributed by atoms with van der Waals surface area (Å²) in [5.41, 5.74) is 0. The highest BCUT2D eigenvalue weighted by atomic mass is 19.1. The molecule has 1 heteroatoms. The lowest BCUT2D eigenvalue weighted by Crippen LogP contribution is -1.55. The molecule has 0 aliphatic rings. The van der Waals surface area contributed by atoms with Crippen molar-refractivity contribution in [2.75, 3.05) is 0 Å².